The molecule has 3 rings (SSSR count). The van der Waals surface area contributed by atoms with Gasteiger partial charge in [-0.05, 0) is 30.8 Å². The van der Waals surface area contributed by atoms with Crippen LogP contribution < -0.4 is 5.32 Å². The molecule has 1 aromatic heterocycles. The number of thiazole rings is 1. The fourth-order valence-corrected chi connectivity index (χ4v) is 3.74. The van der Waals surface area contributed by atoms with Crippen molar-refractivity contribution in [3.63, 3.8) is 0 Å². The number of benzene rings is 2. The van der Waals surface area contributed by atoms with Gasteiger partial charge in [0.2, 0.25) is 5.91 Å². The van der Waals surface area contributed by atoms with E-state index in [1.807, 2.05) is 49.2 Å². The first kappa shape index (κ1) is 20.1. The first-order valence-corrected chi connectivity index (χ1v) is 9.74. The smallest absolute Gasteiger partial charge is 0.248 e. The highest BCUT2D eigenvalue weighted by Crippen LogP contribution is 2.25. The predicted octanol–water partition coefficient (Wildman–Crippen LogP) is 4.64. The van der Waals surface area contributed by atoms with Crippen LogP contribution in [0.15, 0.2) is 54.7 Å². The number of amides is 1. The molecule has 0 bridgehead atoms. The van der Waals surface area contributed by atoms with Crippen LogP contribution >= 0.6 is 11.3 Å². The molecule has 7 heteroatoms. The maximum Gasteiger partial charge on any atom is 0.248 e. The van der Waals surface area contributed by atoms with Crippen LogP contribution in [0.3, 0.4) is 0 Å². The molecule has 0 saturated carbocycles. The number of halogens is 2. The first-order valence-electron chi connectivity index (χ1n) is 8.92. The number of hydrogen-bond acceptors (Lipinski definition) is 4. The lowest BCUT2D eigenvalue weighted by Gasteiger charge is -2.25. The van der Waals surface area contributed by atoms with E-state index < -0.39 is 17.7 Å². The highest BCUT2D eigenvalue weighted by Gasteiger charge is 2.25. The van der Waals surface area contributed by atoms with Gasteiger partial charge in [-0.3, -0.25) is 9.69 Å². The number of hydrogen-bond donors (Lipinski definition) is 1. The summed E-state index contributed by atoms with van der Waals surface area (Å²) < 4.78 is 26.9. The molecule has 0 aliphatic rings. The molecule has 0 aliphatic heterocycles. The lowest BCUT2D eigenvalue weighted by atomic mass is 10.1. The number of carbonyl (C=O) groups is 1. The third-order valence-electron chi connectivity index (χ3n) is 4.47. The van der Waals surface area contributed by atoms with Crippen LogP contribution in [-0.2, 0) is 11.2 Å². The van der Waals surface area contributed by atoms with E-state index in [1.165, 1.54) is 23.5 Å². The second kappa shape index (κ2) is 9.03. The maximum absolute atomic E-state index is 13.8. The van der Waals surface area contributed by atoms with E-state index in [9.17, 15) is 13.6 Å². The lowest BCUT2D eigenvalue weighted by Crippen LogP contribution is -2.34. The van der Waals surface area contributed by atoms with Gasteiger partial charge in [0.15, 0.2) is 5.13 Å². The molecule has 1 atom stereocenters. The standard InChI is InChI=1S/C21H21F2N3OS/c1-3-26(2)19(14-7-5-4-6-8-14)20(27)25-21-24-13-17(28-21)11-15-9-10-16(22)12-18(15)23/h4-10,12-13,19H,3,11H2,1-2H3,(H,24,25,27). The molecule has 4 nitrogen and oxygen atoms in total. The Hall–Kier alpha value is -2.64. The fourth-order valence-electron chi connectivity index (χ4n) is 2.90. The van der Waals surface area contributed by atoms with Gasteiger partial charge in [0.1, 0.15) is 17.7 Å². The summed E-state index contributed by atoms with van der Waals surface area (Å²) >= 11 is 1.28. The zero-order valence-electron chi connectivity index (χ0n) is 15.7. The topological polar surface area (TPSA) is 45.2 Å². The third kappa shape index (κ3) is 4.79. The Bertz CT molecular complexity index is 946. The summed E-state index contributed by atoms with van der Waals surface area (Å²) in [5, 5.41) is 3.31. The number of nitrogens with zero attached hydrogens (tertiary/aromatic N) is 2. The van der Waals surface area contributed by atoms with Crippen LogP contribution in [0, 0.1) is 11.6 Å². The summed E-state index contributed by atoms with van der Waals surface area (Å²) in [5.74, 6) is -1.37. The zero-order chi connectivity index (χ0) is 20.1. The van der Waals surface area contributed by atoms with Crippen LogP contribution in [0.2, 0.25) is 0 Å². The Balaban J connectivity index is 1.73. The minimum Gasteiger partial charge on any atom is -0.300 e. The van der Waals surface area contributed by atoms with Gasteiger partial charge in [0.05, 0.1) is 0 Å². The van der Waals surface area contributed by atoms with Crippen molar-refractivity contribution >= 4 is 22.4 Å². The number of likely N-dealkylation sites (N-methyl/N-ethyl adjacent to an activating group) is 1. The molecule has 146 valence electrons. The molecule has 2 aromatic carbocycles. The van der Waals surface area contributed by atoms with Crippen molar-refractivity contribution in [3.05, 3.63) is 82.4 Å². The van der Waals surface area contributed by atoms with Crippen molar-refractivity contribution in [2.24, 2.45) is 0 Å². The quantitative estimate of drug-likeness (QED) is 0.627. The van der Waals surface area contributed by atoms with Crippen LogP contribution in [0.4, 0.5) is 13.9 Å². The summed E-state index contributed by atoms with van der Waals surface area (Å²) in [5.41, 5.74) is 1.28. The number of anilines is 1. The molecule has 1 unspecified atom stereocenters. The van der Waals surface area contributed by atoms with Gasteiger partial charge in [-0.25, -0.2) is 13.8 Å². The summed E-state index contributed by atoms with van der Waals surface area (Å²) in [7, 11) is 1.89. The molecule has 0 saturated heterocycles. The van der Waals surface area contributed by atoms with Crippen LogP contribution in [0.1, 0.15) is 29.0 Å². The van der Waals surface area contributed by atoms with Crippen molar-refractivity contribution in [2.75, 3.05) is 18.9 Å². The number of carbonyl (C=O) groups excluding carboxylic acids is 1. The summed E-state index contributed by atoms with van der Waals surface area (Å²) in [4.78, 5) is 19.8. The SMILES string of the molecule is CCN(C)C(C(=O)Nc1ncc(Cc2ccc(F)cc2F)s1)c1ccccc1. The van der Waals surface area contributed by atoms with Crippen molar-refractivity contribution < 1.29 is 13.6 Å². The van der Waals surface area contributed by atoms with Crippen LogP contribution in [-0.4, -0.2) is 29.4 Å². The van der Waals surface area contributed by atoms with Gasteiger partial charge in [0.25, 0.3) is 0 Å². The Morgan fingerprint density at radius 2 is 1.96 bits per heavy atom. The van der Waals surface area contributed by atoms with Crippen molar-refractivity contribution in [2.45, 2.75) is 19.4 Å². The van der Waals surface area contributed by atoms with Gasteiger partial charge < -0.3 is 5.32 Å². The molecule has 1 heterocycles. The van der Waals surface area contributed by atoms with Crippen molar-refractivity contribution in [1.82, 2.24) is 9.88 Å². The van der Waals surface area contributed by atoms with E-state index >= 15 is 0 Å². The van der Waals surface area contributed by atoms with E-state index in [0.717, 1.165) is 16.5 Å². The van der Waals surface area contributed by atoms with Crippen molar-refractivity contribution in [3.8, 4) is 0 Å². The van der Waals surface area contributed by atoms with Gasteiger partial charge >= 0.3 is 0 Å². The van der Waals surface area contributed by atoms with E-state index in [2.05, 4.69) is 10.3 Å². The molecule has 28 heavy (non-hydrogen) atoms. The average Bonchev–Trinajstić information content (AvgIpc) is 3.11. The zero-order valence-corrected chi connectivity index (χ0v) is 16.5. The molecule has 1 N–H and O–H groups in total. The fraction of sp³-hybridized carbons (Fsp3) is 0.238. The van der Waals surface area contributed by atoms with Gasteiger partial charge in [-0.2, -0.15) is 0 Å². The highest BCUT2D eigenvalue weighted by molar-refractivity contribution is 7.15. The Morgan fingerprint density at radius 3 is 2.64 bits per heavy atom. The number of rotatable bonds is 7. The summed E-state index contributed by atoms with van der Waals surface area (Å²) in [6.45, 7) is 2.70. The largest absolute Gasteiger partial charge is 0.300 e. The summed E-state index contributed by atoms with van der Waals surface area (Å²) in [6.07, 6.45) is 1.89. The van der Waals surface area contributed by atoms with E-state index in [1.54, 1.807) is 6.20 Å². The average molecular weight is 401 g/mol. The molecular formula is C21H21F2N3OS. The molecule has 1 amide bonds. The number of nitrogens with one attached hydrogen (secondary N) is 1. The second-order valence-electron chi connectivity index (χ2n) is 6.42. The van der Waals surface area contributed by atoms with Gasteiger partial charge in [0, 0.05) is 23.6 Å². The van der Waals surface area contributed by atoms with Gasteiger partial charge in [-0.15, -0.1) is 11.3 Å². The maximum atomic E-state index is 13.8. The predicted molar refractivity (Wildman–Crippen MR) is 107 cm³/mol. The summed E-state index contributed by atoms with van der Waals surface area (Å²) in [6, 6.07) is 12.6. The Morgan fingerprint density at radius 1 is 1.21 bits per heavy atom. The van der Waals surface area contributed by atoms with Crippen LogP contribution in [0.5, 0.6) is 0 Å². The van der Waals surface area contributed by atoms with Crippen molar-refractivity contribution in [1.29, 1.82) is 0 Å². The van der Waals surface area contributed by atoms with Crippen LogP contribution in [0.25, 0.3) is 0 Å². The third-order valence-corrected chi connectivity index (χ3v) is 5.38. The molecule has 0 fully saturated rings. The lowest BCUT2D eigenvalue weighted by molar-refractivity contribution is -0.121. The minimum absolute atomic E-state index is 0.176. The number of aromatic nitrogens is 1. The first-order chi connectivity index (χ1) is 13.5. The molecule has 0 aliphatic carbocycles. The molecule has 0 radical (unpaired) electrons. The van der Waals surface area contributed by atoms with E-state index in [0.29, 0.717) is 17.2 Å². The normalized spacial score (nSPS) is 12.2. The Kier molecular flexibility index (Phi) is 6.49. The molecule has 0 spiro atoms. The molecule has 3 aromatic rings. The van der Waals surface area contributed by atoms with E-state index in [4.69, 9.17) is 0 Å². The highest BCUT2D eigenvalue weighted by atomic mass is 32.1. The monoisotopic (exact) mass is 401 g/mol. The van der Waals surface area contributed by atoms with E-state index in [-0.39, 0.29) is 12.3 Å². The van der Waals surface area contributed by atoms with Gasteiger partial charge in [-0.1, -0.05) is 43.3 Å². The second-order valence-corrected chi connectivity index (χ2v) is 7.54. The minimum atomic E-state index is -0.606. The molecular weight excluding hydrogens is 380 g/mol. The Labute approximate surface area is 166 Å².